The van der Waals surface area contributed by atoms with E-state index in [1.807, 2.05) is 0 Å². The van der Waals surface area contributed by atoms with Gasteiger partial charge in [-0.05, 0) is 25.7 Å². The third-order valence-electron chi connectivity index (χ3n) is 4.03. The van der Waals surface area contributed by atoms with Crippen LogP contribution < -0.4 is 0 Å². The smallest absolute Gasteiger partial charge is 0.410 e. The van der Waals surface area contributed by atoms with Gasteiger partial charge in [-0.25, -0.2) is 4.79 Å². The second-order valence-electron chi connectivity index (χ2n) is 4.73. The van der Waals surface area contributed by atoms with Crippen molar-refractivity contribution in [1.29, 1.82) is 0 Å². The summed E-state index contributed by atoms with van der Waals surface area (Å²) in [4.78, 5) is 13.5. The van der Waals surface area contributed by atoms with E-state index in [0.717, 1.165) is 25.7 Å². The second kappa shape index (κ2) is 4.97. The maximum absolute atomic E-state index is 11.8. The highest BCUT2D eigenvalue weighted by Crippen LogP contribution is 2.40. The third kappa shape index (κ3) is 2.00. The van der Waals surface area contributed by atoms with Gasteiger partial charge in [0.05, 0.1) is 19.3 Å². The summed E-state index contributed by atoms with van der Waals surface area (Å²) in [5.41, 5.74) is 0. The number of fused-ring (bicyclic) bond motifs is 1. The molecule has 0 spiro atoms. The Morgan fingerprint density at radius 1 is 1.41 bits per heavy atom. The van der Waals surface area contributed by atoms with Gasteiger partial charge in [0.1, 0.15) is 0 Å². The van der Waals surface area contributed by atoms with Crippen LogP contribution in [-0.2, 0) is 9.47 Å². The molecule has 1 saturated carbocycles. The van der Waals surface area contributed by atoms with E-state index in [2.05, 4.69) is 5.92 Å². The van der Waals surface area contributed by atoms with Gasteiger partial charge in [0.2, 0.25) is 0 Å². The number of carbonyl (C=O) groups is 1. The molecule has 94 valence electrons. The largest absolute Gasteiger partial charge is 0.453 e. The average Bonchev–Trinajstić information content (AvgIpc) is 2.75. The van der Waals surface area contributed by atoms with Crippen molar-refractivity contribution in [3.8, 4) is 12.3 Å². The third-order valence-corrected chi connectivity index (χ3v) is 4.03. The molecule has 4 atom stereocenters. The van der Waals surface area contributed by atoms with Crippen LogP contribution in [0.3, 0.4) is 0 Å². The summed E-state index contributed by atoms with van der Waals surface area (Å²) >= 11 is 0. The van der Waals surface area contributed by atoms with Crippen molar-refractivity contribution >= 4 is 6.09 Å². The van der Waals surface area contributed by atoms with E-state index in [1.54, 1.807) is 12.0 Å². The Labute approximate surface area is 102 Å². The Morgan fingerprint density at radius 2 is 2.18 bits per heavy atom. The molecule has 17 heavy (non-hydrogen) atoms. The maximum atomic E-state index is 11.8. The lowest BCUT2D eigenvalue weighted by molar-refractivity contribution is 0.00523. The Morgan fingerprint density at radius 3 is 2.76 bits per heavy atom. The van der Waals surface area contributed by atoms with Gasteiger partial charge in [-0.15, -0.1) is 6.42 Å². The van der Waals surface area contributed by atoms with Crippen LogP contribution in [0.4, 0.5) is 4.79 Å². The molecule has 1 heterocycles. The molecule has 0 N–H and O–H groups in total. The molecule has 0 aromatic carbocycles. The SMILES string of the molecule is C#CC1C[C@H]2[C@@H](OC)CCC[C@H]2N1C(=O)OC. The number of likely N-dealkylation sites (tertiary alicyclic amines) is 1. The molecule has 2 aliphatic rings. The molecule has 4 nitrogen and oxygen atoms in total. The molecule has 0 bridgehead atoms. The summed E-state index contributed by atoms with van der Waals surface area (Å²) in [7, 11) is 3.14. The molecule has 4 heteroatoms. The van der Waals surface area contributed by atoms with E-state index in [0.29, 0.717) is 5.92 Å². The molecule has 1 saturated heterocycles. The summed E-state index contributed by atoms with van der Waals surface area (Å²) in [5, 5.41) is 0. The van der Waals surface area contributed by atoms with E-state index >= 15 is 0 Å². The monoisotopic (exact) mass is 237 g/mol. The summed E-state index contributed by atoms with van der Waals surface area (Å²) in [6.45, 7) is 0. The highest BCUT2D eigenvalue weighted by Gasteiger charge is 2.48. The van der Waals surface area contributed by atoms with Crippen LogP contribution in [0.2, 0.25) is 0 Å². The van der Waals surface area contributed by atoms with Crippen LogP contribution in [0.15, 0.2) is 0 Å². The fourth-order valence-electron chi connectivity index (χ4n) is 3.27. The predicted molar refractivity (Wildman–Crippen MR) is 63.4 cm³/mol. The highest BCUT2D eigenvalue weighted by molar-refractivity contribution is 5.69. The first-order valence-electron chi connectivity index (χ1n) is 6.08. The molecular formula is C13H19NO3. The Balaban J connectivity index is 2.21. The summed E-state index contributed by atoms with van der Waals surface area (Å²) in [6.07, 6.45) is 9.39. The molecule has 1 unspecified atom stereocenters. The maximum Gasteiger partial charge on any atom is 0.410 e. The lowest BCUT2D eigenvalue weighted by Crippen LogP contribution is -2.45. The molecule has 1 aliphatic carbocycles. The number of nitrogens with zero attached hydrogens (tertiary/aromatic N) is 1. The molecular weight excluding hydrogens is 218 g/mol. The number of methoxy groups -OCH3 is 2. The summed E-state index contributed by atoms with van der Waals surface area (Å²) < 4.78 is 10.3. The fraction of sp³-hybridized carbons (Fsp3) is 0.769. The first-order chi connectivity index (χ1) is 8.22. The Bertz CT molecular complexity index is 336. The van der Waals surface area contributed by atoms with E-state index in [9.17, 15) is 4.79 Å². The van der Waals surface area contributed by atoms with Gasteiger partial charge in [-0.2, -0.15) is 0 Å². The van der Waals surface area contributed by atoms with E-state index in [1.165, 1.54) is 7.11 Å². The summed E-state index contributed by atoms with van der Waals surface area (Å²) in [6, 6.07) is 0.0374. The molecule has 1 aliphatic heterocycles. The van der Waals surface area contributed by atoms with Crippen LogP contribution in [0.25, 0.3) is 0 Å². The molecule has 0 aromatic heterocycles. The normalized spacial score (nSPS) is 36.2. The van der Waals surface area contributed by atoms with Gasteiger partial charge in [-0.1, -0.05) is 5.92 Å². The zero-order valence-corrected chi connectivity index (χ0v) is 10.4. The number of ether oxygens (including phenoxy) is 2. The van der Waals surface area contributed by atoms with Crippen LogP contribution in [0, 0.1) is 18.3 Å². The molecule has 2 rings (SSSR count). The fourth-order valence-corrected chi connectivity index (χ4v) is 3.27. The lowest BCUT2D eigenvalue weighted by atomic mass is 9.82. The van der Waals surface area contributed by atoms with Crippen molar-refractivity contribution in [2.24, 2.45) is 5.92 Å². The zero-order chi connectivity index (χ0) is 12.4. The zero-order valence-electron chi connectivity index (χ0n) is 10.4. The van der Waals surface area contributed by atoms with Crippen molar-refractivity contribution in [2.75, 3.05) is 14.2 Å². The van der Waals surface area contributed by atoms with Crippen molar-refractivity contribution in [2.45, 2.75) is 43.9 Å². The van der Waals surface area contributed by atoms with Crippen LogP contribution in [0.1, 0.15) is 25.7 Å². The average molecular weight is 237 g/mol. The van der Waals surface area contributed by atoms with Crippen molar-refractivity contribution in [3.05, 3.63) is 0 Å². The van der Waals surface area contributed by atoms with Crippen molar-refractivity contribution in [1.82, 2.24) is 4.90 Å². The van der Waals surface area contributed by atoms with Crippen LogP contribution in [-0.4, -0.2) is 43.4 Å². The Kier molecular flexibility index (Phi) is 3.58. The first kappa shape index (κ1) is 12.3. The second-order valence-corrected chi connectivity index (χ2v) is 4.73. The first-order valence-corrected chi connectivity index (χ1v) is 6.08. The van der Waals surface area contributed by atoms with Gasteiger partial charge in [0.15, 0.2) is 0 Å². The van der Waals surface area contributed by atoms with E-state index in [-0.39, 0.29) is 24.3 Å². The number of rotatable bonds is 1. The molecule has 2 fully saturated rings. The van der Waals surface area contributed by atoms with Gasteiger partial charge in [-0.3, -0.25) is 4.90 Å². The van der Waals surface area contributed by atoms with Crippen molar-refractivity contribution < 1.29 is 14.3 Å². The molecule has 0 radical (unpaired) electrons. The minimum atomic E-state index is -0.308. The van der Waals surface area contributed by atoms with Gasteiger partial charge in [0, 0.05) is 19.1 Å². The lowest BCUT2D eigenvalue weighted by Gasteiger charge is -2.35. The van der Waals surface area contributed by atoms with Gasteiger partial charge in [0.25, 0.3) is 0 Å². The van der Waals surface area contributed by atoms with Crippen LogP contribution in [0.5, 0.6) is 0 Å². The topological polar surface area (TPSA) is 38.8 Å². The number of amides is 1. The van der Waals surface area contributed by atoms with Crippen LogP contribution >= 0.6 is 0 Å². The van der Waals surface area contributed by atoms with E-state index in [4.69, 9.17) is 15.9 Å². The van der Waals surface area contributed by atoms with Gasteiger partial charge >= 0.3 is 6.09 Å². The molecule has 0 aromatic rings. The standard InChI is InChI=1S/C13H19NO3/c1-4-9-8-10-11(14(9)13(15)17-3)6-5-7-12(10)16-2/h1,9-12H,5-8H2,2-3H3/t9?,10-,11-,12+/m1/s1. The van der Waals surface area contributed by atoms with E-state index < -0.39 is 0 Å². The number of hydrogen-bond donors (Lipinski definition) is 0. The summed E-state index contributed by atoms with van der Waals surface area (Å²) in [5.74, 6) is 3.06. The quantitative estimate of drug-likeness (QED) is 0.651. The minimum Gasteiger partial charge on any atom is -0.453 e. The number of carbonyl (C=O) groups excluding carboxylic acids is 1. The highest BCUT2D eigenvalue weighted by atomic mass is 16.5. The molecule has 1 amide bonds. The van der Waals surface area contributed by atoms with Gasteiger partial charge < -0.3 is 9.47 Å². The number of terminal acetylenes is 1. The minimum absolute atomic E-state index is 0.145. The number of hydrogen-bond acceptors (Lipinski definition) is 3. The van der Waals surface area contributed by atoms with Crippen molar-refractivity contribution in [3.63, 3.8) is 0 Å². The Hall–Kier alpha value is -1.21. The predicted octanol–water partition coefficient (Wildman–Crippen LogP) is 1.64.